The second-order valence-electron chi connectivity index (χ2n) is 6.94. The maximum absolute atomic E-state index is 12.3. The van der Waals surface area contributed by atoms with Crippen LogP contribution in [0, 0.1) is 5.92 Å². The fourth-order valence-electron chi connectivity index (χ4n) is 2.78. The van der Waals surface area contributed by atoms with Gasteiger partial charge in [0.1, 0.15) is 24.4 Å². The van der Waals surface area contributed by atoms with Crippen LogP contribution in [0.4, 0.5) is 0 Å². The summed E-state index contributed by atoms with van der Waals surface area (Å²) in [6.07, 6.45) is -3.75. The number of carbonyl (C=O) groups excluding carboxylic acids is 1. The Morgan fingerprint density at radius 2 is 1.92 bits per heavy atom. The Morgan fingerprint density at radius 3 is 2.50 bits per heavy atom. The van der Waals surface area contributed by atoms with E-state index in [0.29, 0.717) is 26.1 Å². The molecule has 0 aromatic rings. The van der Waals surface area contributed by atoms with Crippen LogP contribution in [0.2, 0.25) is 0 Å². The second-order valence-corrected chi connectivity index (χ2v) is 6.94. The fraction of sp³-hybridized carbons (Fsp3) is 0.938. The van der Waals surface area contributed by atoms with E-state index in [9.17, 15) is 15.0 Å². The van der Waals surface area contributed by atoms with Crippen molar-refractivity contribution in [2.75, 3.05) is 32.8 Å². The molecule has 1 rings (SSSR count). The van der Waals surface area contributed by atoms with Crippen molar-refractivity contribution in [3.63, 3.8) is 0 Å². The van der Waals surface area contributed by atoms with Gasteiger partial charge >= 0.3 is 0 Å². The van der Waals surface area contributed by atoms with Crippen molar-refractivity contribution in [3.05, 3.63) is 0 Å². The van der Waals surface area contributed by atoms with Gasteiger partial charge < -0.3 is 47.5 Å². The molecule has 1 saturated heterocycles. The van der Waals surface area contributed by atoms with E-state index in [1.165, 1.54) is 0 Å². The van der Waals surface area contributed by atoms with Gasteiger partial charge in [-0.3, -0.25) is 4.79 Å². The molecule has 10 N–H and O–H groups in total. The molecule has 1 fully saturated rings. The maximum atomic E-state index is 12.3. The lowest BCUT2D eigenvalue weighted by Crippen LogP contribution is -2.66. The highest BCUT2D eigenvalue weighted by Gasteiger charge is 2.45. The molecule has 0 unspecified atom stereocenters. The fourth-order valence-corrected chi connectivity index (χ4v) is 2.78. The molecule has 0 aromatic carbocycles. The molecule has 6 atom stereocenters. The van der Waals surface area contributed by atoms with Crippen molar-refractivity contribution in [2.24, 2.45) is 23.1 Å². The number of hydrogen-bond acceptors (Lipinski definition) is 9. The van der Waals surface area contributed by atoms with Crippen molar-refractivity contribution in [1.82, 2.24) is 10.6 Å². The Hall–Kier alpha value is -0.850. The van der Waals surface area contributed by atoms with Crippen LogP contribution in [0.3, 0.4) is 0 Å². The van der Waals surface area contributed by atoms with E-state index in [2.05, 4.69) is 10.6 Å². The average molecular weight is 377 g/mol. The summed E-state index contributed by atoms with van der Waals surface area (Å²) in [5, 5.41) is 26.3. The van der Waals surface area contributed by atoms with E-state index < -0.39 is 42.6 Å². The first-order valence-electron chi connectivity index (χ1n) is 9.11. The number of carbonyl (C=O) groups is 1. The van der Waals surface area contributed by atoms with E-state index in [1.807, 2.05) is 13.8 Å². The highest BCUT2D eigenvalue weighted by molar-refractivity contribution is 5.81. The lowest BCUT2D eigenvalue weighted by molar-refractivity contribution is -0.261. The molecule has 154 valence electrons. The summed E-state index contributed by atoms with van der Waals surface area (Å²) in [5.41, 5.74) is 16.9. The minimum Gasteiger partial charge on any atom is -0.388 e. The molecule has 1 aliphatic rings. The van der Waals surface area contributed by atoms with Gasteiger partial charge in [0.15, 0.2) is 6.29 Å². The number of amides is 1. The third kappa shape index (κ3) is 7.05. The average Bonchev–Trinajstić information content (AvgIpc) is 2.59. The number of nitrogens with one attached hydrogen (secondary N) is 2. The molecule has 0 aromatic heterocycles. The highest BCUT2D eigenvalue weighted by Crippen LogP contribution is 2.22. The first-order valence-corrected chi connectivity index (χ1v) is 9.11. The minimum absolute atomic E-state index is 0.0110. The molecule has 26 heavy (non-hydrogen) atoms. The predicted octanol–water partition coefficient (Wildman–Crippen LogP) is -3.19. The van der Waals surface area contributed by atoms with Crippen LogP contribution >= 0.6 is 0 Å². The number of rotatable bonds is 11. The van der Waals surface area contributed by atoms with Crippen LogP contribution in [0.1, 0.15) is 20.3 Å². The monoisotopic (exact) mass is 377 g/mol. The molecule has 10 nitrogen and oxygen atoms in total. The summed E-state index contributed by atoms with van der Waals surface area (Å²) < 4.78 is 11.3. The van der Waals surface area contributed by atoms with Crippen molar-refractivity contribution in [3.8, 4) is 0 Å². The first kappa shape index (κ1) is 23.2. The van der Waals surface area contributed by atoms with E-state index in [0.717, 1.165) is 0 Å². The van der Waals surface area contributed by atoms with Gasteiger partial charge in [-0.2, -0.15) is 0 Å². The summed E-state index contributed by atoms with van der Waals surface area (Å²) in [6, 6.07) is -1.67. The summed E-state index contributed by atoms with van der Waals surface area (Å²) >= 11 is 0. The number of nitrogens with two attached hydrogens (primary N) is 3. The van der Waals surface area contributed by atoms with Gasteiger partial charge in [-0.05, 0) is 12.3 Å². The Bertz CT molecular complexity index is 414. The lowest BCUT2D eigenvalue weighted by atomic mass is 9.95. The Kier molecular flexibility index (Phi) is 10.5. The van der Waals surface area contributed by atoms with Gasteiger partial charge in [0.25, 0.3) is 0 Å². The number of aliphatic hydroxyl groups is 2. The first-order chi connectivity index (χ1) is 12.3. The summed E-state index contributed by atoms with van der Waals surface area (Å²) in [5.74, 6) is -0.184. The van der Waals surface area contributed by atoms with E-state index in [4.69, 9.17) is 26.7 Å². The molecule has 1 aliphatic heterocycles. The van der Waals surface area contributed by atoms with Gasteiger partial charge in [-0.15, -0.1) is 0 Å². The van der Waals surface area contributed by atoms with Crippen LogP contribution in [-0.2, 0) is 14.3 Å². The molecule has 1 heterocycles. The Labute approximate surface area is 154 Å². The largest absolute Gasteiger partial charge is 0.388 e. The third-order valence-electron chi connectivity index (χ3n) is 4.19. The lowest BCUT2D eigenvalue weighted by Gasteiger charge is -2.42. The molecule has 1 amide bonds. The third-order valence-corrected chi connectivity index (χ3v) is 4.19. The number of hydrogen-bond donors (Lipinski definition) is 7. The van der Waals surface area contributed by atoms with Crippen molar-refractivity contribution < 1.29 is 24.5 Å². The van der Waals surface area contributed by atoms with Crippen LogP contribution < -0.4 is 27.8 Å². The smallest absolute Gasteiger partial charge is 0.237 e. The van der Waals surface area contributed by atoms with Crippen LogP contribution in [-0.4, -0.2) is 85.6 Å². The Morgan fingerprint density at radius 1 is 1.23 bits per heavy atom. The number of ether oxygens (including phenoxy) is 2. The standard InChI is InChI=1S/C16H35N5O5/c1-9(2)7-10(19)15(24)21-12-14(23)13(22)11(8-18)26-16(12)25-6-5-20-4-3-17/h9-14,16,20,22-23H,3-8,17-19H2,1-2H3,(H,21,24)/t10-,11+,12+,13+,14+,16-/m0/s1. The van der Waals surface area contributed by atoms with Gasteiger partial charge in [-0.25, -0.2) is 0 Å². The van der Waals surface area contributed by atoms with Gasteiger partial charge in [0.2, 0.25) is 5.91 Å². The molecule has 0 radical (unpaired) electrons. The number of aliphatic hydroxyl groups excluding tert-OH is 2. The van der Waals surface area contributed by atoms with Crippen molar-refractivity contribution in [1.29, 1.82) is 0 Å². The molecule has 0 bridgehead atoms. The normalized spacial score (nSPS) is 30.4. The van der Waals surface area contributed by atoms with Crippen LogP contribution in [0.25, 0.3) is 0 Å². The summed E-state index contributed by atoms with van der Waals surface area (Å²) in [4.78, 5) is 12.3. The molecular formula is C16H35N5O5. The predicted molar refractivity (Wildman–Crippen MR) is 97.0 cm³/mol. The quantitative estimate of drug-likeness (QED) is 0.183. The summed E-state index contributed by atoms with van der Waals surface area (Å²) in [6.45, 7) is 5.88. The topological polar surface area (TPSA) is 178 Å². The zero-order chi connectivity index (χ0) is 19.7. The van der Waals surface area contributed by atoms with E-state index >= 15 is 0 Å². The summed E-state index contributed by atoms with van der Waals surface area (Å²) in [7, 11) is 0. The zero-order valence-electron chi connectivity index (χ0n) is 15.6. The highest BCUT2D eigenvalue weighted by atomic mass is 16.7. The van der Waals surface area contributed by atoms with Crippen LogP contribution in [0.5, 0.6) is 0 Å². The van der Waals surface area contributed by atoms with E-state index in [1.54, 1.807) is 0 Å². The molecule has 0 saturated carbocycles. The van der Waals surface area contributed by atoms with Gasteiger partial charge in [0, 0.05) is 26.2 Å². The molecule has 10 heteroatoms. The molecule has 0 aliphatic carbocycles. The second kappa shape index (κ2) is 11.8. The van der Waals surface area contributed by atoms with Gasteiger partial charge in [-0.1, -0.05) is 13.8 Å². The van der Waals surface area contributed by atoms with Gasteiger partial charge in [0.05, 0.1) is 12.6 Å². The van der Waals surface area contributed by atoms with Crippen molar-refractivity contribution in [2.45, 2.75) is 57.0 Å². The van der Waals surface area contributed by atoms with Crippen LogP contribution in [0.15, 0.2) is 0 Å². The molecule has 0 spiro atoms. The maximum Gasteiger partial charge on any atom is 0.237 e. The SMILES string of the molecule is CC(C)C[C@H](N)C(=O)N[C@H]1[C@@H](OCCNCCN)O[C@H](CN)[C@@H](O)[C@@H]1O. The van der Waals surface area contributed by atoms with Crippen molar-refractivity contribution >= 4 is 5.91 Å². The van der Waals surface area contributed by atoms with E-state index in [-0.39, 0.29) is 19.1 Å². The Balaban J connectivity index is 2.71. The zero-order valence-corrected chi connectivity index (χ0v) is 15.6. The minimum atomic E-state index is -1.28. The molecular weight excluding hydrogens is 342 g/mol.